The molecule has 2 rings (SSSR count). The number of nitrogens with one attached hydrogen (secondary N) is 1. The lowest BCUT2D eigenvalue weighted by atomic mass is 9.72. The quantitative estimate of drug-likeness (QED) is 0.860. The van der Waals surface area contributed by atoms with Gasteiger partial charge in [-0.1, -0.05) is 34.6 Å². The van der Waals surface area contributed by atoms with Gasteiger partial charge in [-0.05, 0) is 32.5 Å². The fraction of sp³-hybridized carbons (Fsp3) is 0.938. The van der Waals surface area contributed by atoms with Crippen molar-refractivity contribution in [2.24, 2.45) is 5.41 Å². The van der Waals surface area contributed by atoms with Crippen LogP contribution in [0.4, 0.5) is 0 Å². The number of rotatable bonds is 4. The third-order valence-corrected chi connectivity index (χ3v) is 4.43. The molecule has 0 aromatic heterocycles. The zero-order valence-corrected chi connectivity index (χ0v) is 14.0. The molecule has 20 heavy (non-hydrogen) atoms. The molecule has 0 saturated carbocycles. The van der Waals surface area contributed by atoms with Gasteiger partial charge in [0, 0.05) is 26.0 Å². The predicted molar refractivity (Wildman–Crippen MR) is 87.0 cm³/mol. The second kappa shape index (κ2) is 7.99. The number of carbonyl (C=O) groups is 1. The van der Waals surface area contributed by atoms with Gasteiger partial charge < -0.3 is 15.1 Å². The van der Waals surface area contributed by atoms with Crippen LogP contribution in [0.1, 0.15) is 48.9 Å². The summed E-state index contributed by atoms with van der Waals surface area (Å²) in [7, 11) is 0. The van der Waals surface area contributed by atoms with E-state index in [1.807, 2.05) is 18.7 Å². The van der Waals surface area contributed by atoms with Crippen LogP contribution in [0.15, 0.2) is 0 Å². The van der Waals surface area contributed by atoms with Crippen LogP contribution >= 0.6 is 0 Å². The van der Waals surface area contributed by atoms with Crippen LogP contribution in [0.2, 0.25) is 0 Å². The summed E-state index contributed by atoms with van der Waals surface area (Å²) in [4.78, 5) is 16.5. The van der Waals surface area contributed by atoms with E-state index < -0.39 is 0 Å². The summed E-state index contributed by atoms with van der Waals surface area (Å²) in [6.07, 6.45) is 2.53. The summed E-state index contributed by atoms with van der Waals surface area (Å²) in [5.74, 6) is 0.271. The van der Waals surface area contributed by atoms with Crippen LogP contribution in [-0.4, -0.2) is 61.0 Å². The Balaban J connectivity index is 0.00000128. The molecular weight excluding hydrogens is 250 g/mol. The SMILES string of the molecule is CC.CCN1CCC2(CC1)CN(C(=O)CNC(C)C)C2.[HH]. The van der Waals surface area contributed by atoms with Crippen molar-refractivity contribution in [1.82, 2.24) is 15.1 Å². The molecule has 120 valence electrons. The number of hydrogen-bond acceptors (Lipinski definition) is 3. The minimum absolute atomic E-state index is 0. The standard InChI is InChI=1S/C14H27N3O.C2H6.H2/c1-4-16-7-5-14(6-8-16)10-17(11-14)13(18)9-15-12(2)3;1-2;/h12,15H,4-11H2,1-3H3;1-2H3;1H. The molecule has 0 radical (unpaired) electrons. The number of hydrogen-bond donors (Lipinski definition) is 1. The molecule has 4 heteroatoms. The lowest BCUT2D eigenvalue weighted by Crippen LogP contribution is -2.63. The summed E-state index contributed by atoms with van der Waals surface area (Å²) in [6, 6.07) is 0.386. The van der Waals surface area contributed by atoms with Crippen LogP contribution in [0.3, 0.4) is 0 Å². The molecule has 2 fully saturated rings. The van der Waals surface area contributed by atoms with Gasteiger partial charge in [0.15, 0.2) is 0 Å². The minimum atomic E-state index is 0. The second-order valence-electron chi connectivity index (χ2n) is 6.22. The van der Waals surface area contributed by atoms with E-state index in [4.69, 9.17) is 0 Å². The molecule has 0 bridgehead atoms. The first-order valence-corrected chi connectivity index (χ1v) is 8.28. The summed E-state index contributed by atoms with van der Waals surface area (Å²) in [5.41, 5.74) is 0.458. The van der Waals surface area contributed by atoms with E-state index in [1.54, 1.807) is 0 Å². The van der Waals surface area contributed by atoms with Gasteiger partial charge in [0.25, 0.3) is 0 Å². The van der Waals surface area contributed by atoms with E-state index >= 15 is 0 Å². The lowest BCUT2D eigenvalue weighted by Gasteiger charge is -2.54. The zero-order chi connectivity index (χ0) is 15.2. The van der Waals surface area contributed by atoms with Gasteiger partial charge in [-0.3, -0.25) is 4.79 Å². The highest BCUT2D eigenvalue weighted by atomic mass is 16.2. The maximum absolute atomic E-state index is 11.9. The Kier molecular flexibility index (Phi) is 6.96. The van der Waals surface area contributed by atoms with Crippen molar-refractivity contribution in [1.29, 1.82) is 0 Å². The smallest absolute Gasteiger partial charge is 0.236 e. The highest BCUT2D eigenvalue weighted by molar-refractivity contribution is 5.79. The molecule has 2 aliphatic rings. The maximum Gasteiger partial charge on any atom is 0.236 e. The van der Waals surface area contributed by atoms with Crippen molar-refractivity contribution in [3.05, 3.63) is 0 Å². The fourth-order valence-electron chi connectivity index (χ4n) is 3.00. The molecule has 2 aliphatic heterocycles. The fourth-order valence-corrected chi connectivity index (χ4v) is 3.00. The van der Waals surface area contributed by atoms with E-state index in [-0.39, 0.29) is 7.33 Å². The Morgan fingerprint density at radius 3 is 2.25 bits per heavy atom. The molecule has 1 amide bonds. The third kappa shape index (κ3) is 4.45. The van der Waals surface area contributed by atoms with Crippen molar-refractivity contribution >= 4 is 5.91 Å². The van der Waals surface area contributed by atoms with Crippen molar-refractivity contribution in [3.63, 3.8) is 0 Å². The molecule has 4 nitrogen and oxygen atoms in total. The maximum atomic E-state index is 11.9. The Labute approximate surface area is 126 Å². The van der Waals surface area contributed by atoms with E-state index in [0.717, 1.165) is 19.6 Å². The number of carbonyl (C=O) groups excluding carboxylic acids is 1. The first-order valence-electron chi connectivity index (χ1n) is 8.28. The second-order valence-corrected chi connectivity index (χ2v) is 6.22. The molecule has 1 N–H and O–H groups in total. The molecular formula is C16H35N3O. The average Bonchev–Trinajstić information content (AvgIpc) is 2.44. The van der Waals surface area contributed by atoms with Crippen LogP contribution in [0.5, 0.6) is 0 Å². The van der Waals surface area contributed by atoms with Gasteiger partial charge in [0.05, 0.1) is 6.54 Å². The third-order valence-electron chi connectivity index (χ3n) is 4.43. The summed E-state index contributed by atoms with van der Waals surface area (Å²) >= 11 is 0. The Morgan fingerprint density at radius 2 is 1.80 bits per heavy atom. The monoisotopic (exact) mass is 285 g/mol. The van der Waals surface area contributed by atoms with Crippen molar-refractivity contribution < 1.29 is 6.22 Å². The molecule has 1 spiro atoms. The predicted octanol–water partition coefficient (Wildman–Crippen LogP) is 2.20. The van der Waals surface area contributed by atoms with Crippen LogP contribution in [0, 0.1) is 5.41 Å². The Hall–Kier alpha value is -0.610. The Morgan fingerprint density at radius 1 is 1.25 bits per heavy atom. The first-order chi connectivity index (χ1) is 9.54. The van der Waals surface area contributed by atoms with Gasteiger partial charge in [-0.2, -0.15) is 0 Å². The average molecular weight is 285 g/mol. The van der Waals surface area contributed by atoms with Gasteiger partial charge >= 0.3 is 0 Å². The summed E-state index contributed by atoms with van der Waals surface area (Å²) in [5, 5.41) is 3.20. The number of piperidine rings is 1. The van der Waals surface area contributed by atoms with Crippen molar-refractivity contribution in [3.8, 4) is 0 Å². The van der Waals surface area contributed by atoms with Crippen LogP contribution in [0.25, 0.3) is 0 Å². The van der Waals surface area contributed by atoms with Gasteiger partial charge in [-0.15, -0.1) is 0 Å². The summed E-state index contributed by atoms with van der Waals surface area (Å²) in [6.45, 7) is 16.4. The topological polar surface area (TPSA) is 35.6 Å². The lowest BCUT2D eigenvalue weighted by molar-refractivity contribution is -0.145. The molecule has 2 saturated heterocycles. The van der Waals surface area contributed by atoms with E-state index in [1.165, 1.54) is 25.9 Å². The molecule has 0 unspecified atom stereocenters. The normalized spacial score (nSPS) is 21.4. The molecule has 0 aromatic rings. The molecule has 0 aliphatic carbocycles. The first kappa shape index (κ1) is 17.4. The van der Waals surface area contributed by atoms with Crippen LogP contribution < -0.4 is 5.32 Å². The van der Waals surface area contributed by atoms with Crippen molar-refractivity contribution in [2.75, 3.05) is 39.3 Å². The number of likely N-dealkylation sites (tertiary alicyclic amines) is 2. The van der Waals surface area contributed by atoms with E-state index in [0.29, 0.717) is 18.0 Å². The van der Waals surface area contributed by atoms with Gasteiger partial charge in [0.2, 0.25) is 5.91 Å². The zero-order valence-electron chi connectivity index (χ0n) is 14.0. The van der Waals surface area contributed by atoms with Gasteiger partial charge in [0.1, 0.15) is 0 Å². The number of amides is 1. The highest BCUT2D eigenvalue weighted by Gasteiger charge is 2.46. The minimum Gasteiger partial charge on any atom is -0.340 e. The largest absolute Gasteiger partial charge is 0.340 e. The molecule has 0 aromatic carbocycles. The molecule has 2 heterocycles. The highest BCUT2D eigenvalue weighted by Crippen LogP contribution is 2.40. The van der Waals surface area contributed by atoms with Crippen molar-refractivity contribution in [2.45, 2.75) is 53.5 Å². The number of nitrogens with zero attached hydrogens (tertiary/aromatic N) is 2. The van der Waals surface area contributed by atoms with E-state index in [9.17, 15) is 4.79 Å². The van der Waals surface area contributed by atoms with E-state index in [2.05, 4.69) is 31.0 Å². The Bertz CT molecular complexity index is 294. The van der Waals surface area contributed by atoms with Gasteiger partial charge in [-0.25, -0.2) is 0 Å². The molecule has 0 atom stereocenters. The summed E-state index contributed by atoms with van der Waals surface area (Å²) < 4.78 is 0. The van der Waals surface area contributed by atoms with Crippen LogP contribution in [-0.2, 0) is 4.79 Å².